The van der Waals surface area contributed by atoms with E-state index >= 15 is 0 Å². The van der Waals surface area contributed by atoms with Gasteiger partial charge in [0.2, 0.25) is 0 Å². The Hall–Kier alpha value is -7.23. The number of Topliss-reactive ketones (excluding diaryl/α,β-unsaturated/α-hetero) is 1. The first-order valence-corrected chi connectivity index (χ1v) is 26.9. The molecule has 380 valence electrons. The number of nitro benzene ring substituents is 2. The zero-order chi connectivity index (χ0) is 52.0. The number of sulfonamides is 2. The van der Waals surface area contributed by atoms with Crippen molar-refractivity contribution in [2.24, 2.45) is 5.92 Å². The van der Waals surface area contributed by atoms with Gasteiger partial charge >= 0.3 is 0 Å². The number of amides is 2. The monoisotopic (exact) mass is 1080 g/mol. The number of para-hydroxylation sites is 1. The number of carbonyl (C=O) groups excluding carboxylic acids is 3. The fourth-order valence-electron chi connectivity index (χ4n) is 8.20. The lowest BCUT2D eigenvalue weighted by atomic mass is 9.89. The minimum atomic E-state index is -3.83. The van der Waals surface area contributed by atoms with Crippen molar-refractivity contribution in [3.05, 3.63) is 174 Å². The van der Waals surface area contributed by atoms with Crippen LogP contribution in [0.3, 0.4) is 0 Å². The average Bonchev–Trinajstić information content (AvgIpc) is 4.19. The van der Waals surface area contributed by atoms with Gasteiger partial charge in [0.05, 0.1) is 40.1 Å². The Morgan fingerprint density at radius 3 is 1.60 bits per heavy atom. The lowest BCUT2D eigenvalue weighted by molar-refractivity contribution is -0.385. The number of nitro groups is 2. The van der Waals surface area contributed by atoms with Crippen molar-refractivity contribution in [3.63, 3.8) is 0 Å². The number of piperidine rings is 2. The molecule has 0 bridgehead atoms. The molecule has 0 unspecified atom stereocenters. The average molecular weight is 1080 g/mol. The number of thiophene rings is 2. The third-order valence-electron chi connectivity index (χ3n) is 12.2. The molecule has 26 heteroatoms. The van der Waals surface area contributed by atoms with E-state index in [4.69, 9.17) is 0 Å². The van der Waals surface area contributed by atoms with Crippen molar-refractivity contribution >= 4 is 82.7 Å². The number of fused-ring (bicyclic) bond motifs is 1. The van der Waals surface area contributed by atoms with Gasteiger partial charge in [-0.2, -0.15) is 8.61 Å². The number of carbonyl (C=O) groups is 3. The molecule has 7 aromatic rings. The molecular weight excluding hydrogens is 1030 g/mol. The highest BCUT2D eigenvalue weighted by molar-refractivity contribution is 7.91. The highest BCUT2D eigenvalue weighted by atomic mass is 32.3. The Balaban J connectivity index is 0.000000195. The normalized spacial score (nSPS) is 15.0. The predicted octanol–water partition coefficient (Wildman–Crippen LogP) is 7.50. The Labute approximate surface area is 423 Å². The summed E-state index contributed by atoms with van der Waals surface area (Å²) in [7, 11) is -7.48. The van der Waals surface area contributed by atoms with Crippen LogP contribution in [0.1, 0.15) is 72.6 Å². The second kappa shape index (κ2) is 22.3. The first kappa shape index (κ1) is 52.1. The number of ketones is 1. The van der Waals surface area contributed by atoms with Gasteiger partial charge in [0.25, 0.3) is 43.2 Å². The lowest BCUT2D eigenvalue weighted by Crippen LogP contribution is -2.40. The minimum absolute atomic E-state index is 0.0653. The maximum Gasteiger partial charge on any atom is 0.269 e. The third-order valence-corrected chi connectivity index (χ3v) is 19.1. The van der Waals surface area contributed by atoms with Crippen LogP contribution in [-0.2, 0) is 33.1 Å². The summed E-state index contributed by atoms with van der Waals surface area (Å²) >= 11 is 2.11. The van der Waals surface area contributed by atoms with Gasteiger partial charge in [-0.15, -0.1) is 27.8 Å². The van der Waals surface area contributed by atoms with Crippen LogP contribution in [0.25, 0.3) is 11.0 Å². The summed E-state index contributed by atoms with van der Waals surface area (Å²) in [4.78, 5) is 59.0. The fourth-order valence-corrected chi connectivity index (χ4v) is 14.0. The number of hydrogen-bond acceptors (Lipinski definition) is 15. The number of non-ortho nitro benzene ring substituents is 2. The van der Waals surface area contributed by atoms with Crippen LogP contribution >= 0.6 is 22.7 Å². The van der Waals surface area contributed by atoms with Crippen LogP contribution in [0.2, 0.25) is 0 Å². The summed E-state index contributed by atoms with van der Waals surface area (Å²) in [5, 5.41) is 35.3. The van der Waals surface area contributed by atoms with Crippen LogP contribution in [0, 0.1) is 37.8 Å². The molecule has 0 atom stereocenters. The molecule has 20 nitrogen and oxygen atoms in total. The zero-order valence-corrected chi connectivity index (χ0v) is 41.5. The Morgan fingerprint density at radius 2 is 1.12 bits per heavy atom. The molecule has 73 heavy (non-hydrogen) atoms. The number of hydrogen-bond donors (Lipinski definition) is 2. The van der Waals surface area contributed by atoms with Crippen molar-refractivity contribution in [3.8, 4) is 0 Å². The van der Waals surface area contributed by atoms with E-state index in [9.17, 15) is 60.2 Å². The maximum absolute atomic E-state index is 14.0. The van der Waals surface area contributed by atoms with Crippen LogP contribution in [0.15, 0.2) is 124 Å². The van der Waals surface area contributed by atoms with Crippen LogP contribution in [-0.4, -0.2) is 94.1 Å². The van der Waals surface area contributed by atoms with Gasteiger partial charge < -0.3 is 10.6 Å². The van der Waals surface area contributed by atoms with Crippen LogP contribution in [0.5, 0.6) is 0 Å². The van der Waals surface area contributed by atoms with Crippen molar-refractivity contribution in [1.29, 1.82) is 0 Å². The van der Waals surface area contributed by atoms with E-state index in [0.29, 0.717) is 41.8 Å². The highest BCUT2D eigenvalue weighted by Crippen LogP contribution is 2.33. The molecule has 2 fully saturated rings. The molecule has 2 saturated heterocycles. The molecule has 0 spiro atoms. The van der Waals surface area contributed by atoms with E-state index in [0.717, 1.165) is 45.8 Å². The van der Waals surface area contributed by atoms with Gasteiger partial charge in [0, 0.05) is 83.3 Å². The van der Waals surface area contributed by atoms with Crippen molar-refractivity contribution < 1.29 is 49.8 Å². The Kier molecular flexibility index (Phi) is 15.9. The first-order chi connectivity index (χ1) is 34.9. The molecule has 4 aromatic carbocycles. The molecular formula is C47H43F2N9O11S4. The third kappa shape index (κ3) is 12.0. The number of aromatic nitrogens is 3. The largest absolute Gasteiger partial charge is 0.347 e. The number of rotatable bonds is 15. The molecule has 0 radical (unpaired) electrons. The standard InChI is InChI=1S/C24H21F2N3O6S2.C23H22N6O5S2/c25-17-3-7-20(21(26)13-17)23(30)15-9-11-28(12-10-15)37(34,35)22-8-6-19(36-22)14-27-24(31)16-1-4-18(5-2-16)29(32)33;30-23(16-5-7-18(8-6-16)29(31)32)24-15-19-9-10-22(35-19)36(33,34)27-13-11-17(12-14-27)28-21-4-2-1-3-20(21)25-26-28/h1-8,13,15H,9-12,14H2,(H,27,31);1-10,17H,11-15H2,(H,24,30). The van der Waals surface area contributed by atoms with Crippen molar-refractivity contribution in [1.82, 2.24) is 34.2 Å². The van der Waals surface area contributed by atoms with Crippen LogP contribution in [0.4, 0.5) is 20.2 Å². The highest BCUT2D eigenvalue weighted by Gasteiger charge is 2.35. The SMILES string of the molecule is O=C(NCc1ccc(S(=O)(=O)N2CCC(C(=O)c3ccc(F)cc3F)CC2)s1)c1ccc([N+](=O)[O-])cc1.O=C(NCc1ccc(S(=O)(=O)N2CCC(n3nnc4ccccc43)CC2)s1)c1ccc([N+](=O)[O-])cc1. The fraction of sp³-hybridized carbons (Fsp3) is 0.255. The summed E-state index contributed by atoms with van der Waals surface area (Å²) in [6.07, 6.45) is 1.68. The van der Waals surface area contributed by atoms with Gasteiger partial charge in [-0.1, -0.05) is 17.3 Å². The molecule has 9 rings (SSSR count). The number of benzene rings is 4. The van der Waals surface area contributed by atoms with Gasteiger partial charge in [-0.3, -0.25) is 34.6 Å². The van der Waals surface area contributed by atoms with Crippen molar-refractivity contribution in [2.75, 3.05) is 26.2 Å². The van der Waals surface area contributed by atoms with Crippen LogP contribution < -0.4 is 10.6 Å². The van der Waals surface area contributed by atoms with E-state index in [1.54, 1.807) is 18.2 Å². The van der Waals surface area contributed by atoms with E-state index in [-0.39, 0.29) is 81.5 Å². The molecule has 2 N–H and O–H groups in total. The quantitative estimate of drug-likeness (QED) is 0.0573. The molecule has 2 aliphatic rings. The lowest BCUT2D eigenvalue weighted by Gasteiger charge is -2.30. The predicted molar refractivity (Wildman–Crippen MR) is 264 cm³/mol. The number of nitrogens with one attached hydrogen (secondary N) is 2. The first-order valence-electron chi connectivity index (χ1n) is 22.4. The Morgan fingerprint density at radius 1 is 0.644 bits per heavy atom. The van der Waals surface area contributed by atoms with Gasteiger partial charge in [0.1, 0.15) is 25.6 Å². The van der Waals surface area contributed by atoms with E-state index in [1.165, 1.54) is 63.2 Å². The van der Waals surface area contributed by atoms with Gasteiger partial charge in [-0.05, 0) is 98.5 Å². The van der Waals surface area contributed by atoms with E-state index in [2.05, 4.69) is 20.9 Å². The topological polar surface area (TPSA) is 267 Å². The molecule has 0 aliphatic carbocycles. The van der Waals surface area contributed by atoms with Gasteiger partial charge in [0.15, 0.2) is 5.78 Å². The van der Waals surface area contributed by atoms with E-state index in [1.807, 2.05) is 28.9 Å². The summed E-state index contributed by atoms with van der Waals surface area (Å²) < 4.78 is 84.7. The number of nitrogens with zero attached hydrogens (tertiary/aromatic N) is 7. The summed E-state index contributed by atoms with van der Waals surface area (Å²) in [5.74, 6) is -3.62. The van der Waals surface area contributed by atoms with E-state index < -0.39 is 65.0 Å². The Bertz CT molecular complexity index is 3430. The summed E-state index contributed by atoms with van der Waals surface area (Å²) in [6.45, 7) is 1.13. The summed E-state index contributed by atoms with van der Waals surface area (Å²) in [6, 6.07) is 27.2. The molecule has 3 aromatic heterocycles. The minimum Gasteiger partial charge on any atom is -0.347 e. The van der Waals surface area contributed by atoms with Crippen molar-refractivity contribution in [2.45, 2.75) is 53.2 Å². The zero-order valence-electron chi connectivity index (χ0n) is 38.2. The molecule has 5 heterocycles. The van der Waals surface area contributed by atoms with Gasteiger partial charge in [-0.25, -0.2) is 30.3 Å². The molecule has 0 saturated carbocycles. The smallest absolute Gasteiger partial charge is 0.269 e. The second-order valence-electron chi connectivity index (χ2n) is 16.7. The molecule has 2 amide bonds. The number of halogens is 2. The second-order valence-corrected chi connectivity index (χ2v) is 23.4. The maximum atomic E-state index is 14.0. The summed E-state index contributed by atoms with van der Waals surface area (Å²) in [5.41, 5.74) is 1.83. The molecule has 2 aliphatic heterocycles.